The zero-order valence-electron chi connectivity index (χ0n) is 20.3. The highest BCUT2D eigenvalue weighted by atomic mass is 16.5. The van der Waals surface area contributed by atoms with Crippen molar-refractivity contribution in [2.45, 2.75) is 40.5 Å². The number of benzene rings is 2. The van der Waals surface area contributed by atoms with Gasteiger partial charge in [-0.3, -0.25) is 14.9 Å². The number of primary amides is 1. The summed E-state index contributed by atoms with van der Waals surface area (Å²) in [5.74, 6) is -0.744. The highest BCUT2D eigenvalue weighted by Gasteiger charge is 2.29. The minimum atomic E-state index is -0.585. The van der Waals surface area contributed by atoms with E-state index >= 15 is 0 Å². The van der Waals surface area contributed by atoms with E-state index < -0.39 is 5.91 Å². The predicted octanol–water partition coefficient (Wildman–Crippen LogP) is 5.28. The number of carbonyl (C=O) groups is 2. The molecule has 0 aliphatic carbocycles. The minimum Gasteiger partial charge on any atom is -0.366 e. The van der Waals surface area contributed by atoms with Crippen LogP contribution in [0.15, 0.2) is 59.1 Å². The maximum absolute atomic E-state index is 12.9. The zero-order valence-corrected chi connectivity index (χ0v) is 20.3. The van der Waals surface area contributed by atoms with Crippen molar-refractivity contribution < 1.29 is 14.1 Å². The molecular weight excluding hydrogens is 442 g/mol. The van der Waals surface area contributed by atoms with Crippen molar-refractivity contribution in [3.63, 3.8) is 0 Å². The first-order chi connectivity index (χ1) is 16.9. The lowest BCUT2D eigenvalue weighted by molar-refractivity contribution is -0.120. The van der Waals surface area contributed by atoms with Crippen LogP contribution in [0.1, 0.15) is 48.4 Å². The summed E-state index contributed by atoms with van der Waals surface area (Å²) < 4.78 is 7.54. The van der Waals surface area contributed by atoms with Crippen molar-refractivity contribution in [3.8, 4) is 28.1 Å². The fraction of sp³-hybridized carbons (Fsp3) is 0.259. The SMILES string of the molecule is CCC(CC)C(=O)Nc1onc(-c2c(C)nn(-c3ccccc3)c2C)c1-c1ccccc1C(N)=O. The van der Waals surface area contributed by atoms with Gasteiger partial charge in [0.2, 0.25) is 17.7 Å². The van der Waals surface area contributed by atoms with E-state index in [1.54, 1.807) is 24.3 Å². The molecule has 0 saturated carbocycles. The largest absolute Gasteiger partial charge is 0.366 e. The lowest BCUT2D eigenvalue weighted by Gasteiger charge is -2.13. The molecule has 0 bridgehead atoms. The number of hydrogen-bond donors (Lipinski definition) is 2. The molecule has 0 atom stereocenters. The Labute approximate surface area is 204 Å². The Morgan fingerprint density at radius 1 is 1.00 bits per heavy atom. The number of carbonyl (C=O) groups excluding carboxylic acids is 2. The van der Waals surface area contributed by atoms with Crippen LogP contribution in [0.5, 0.6) is 0 Å². The van der Waals surface area contributed by atoms with Crippen molar-refractivity contribution in [2.75, 3.05) is 5.32 Å². The highest BCUT2D eigenvalue weighted by molar-refractivity contribution is 6.05. The number of anilines is 1. The molecule has 2 aromatic heterocycles. The molecule has 0 aliphatic rings. The Hall–Kier alpha value is -4.20. The Kier molecular flexibility index (Phi) is 6.82. The van der Waals surface area contributed by atoms with Crippen LogP contribution in [0.2, 0.25) is 0 Å². The quantitative estimate of drug-likeness (QED) is 0.362. The van der Waals surface area contributed by atoms with Crippen LogP contribution in [0.3, 0.4) is 0 Å². The molecule has 0 unspecified atom stereocenters. The molecule has 35 heavy (non-hydrogen) atoms. The number of nitrogens with zero attached hydrogens (tertiary/aromatic N) is 3. The van der Waals surface area contributed by atoms with Crippen molar-refractivity contribution >= 4 is 17.7 Å². The van der Waals surface area contributed by atoms with Crippen LogP contribution in [0.25, 0.3) is 28.1 Å². The van der Waals surface area contributed by atoms with Crippen molar-refractivity contribution in [1.29, 1.82) is 0 Å². The molecule has 0 fully saturated rings. The first kappa shape index (κ1) is 23.9. The molecule has 0 radical (unpaired) electrons. The van der Waals surface area contributed by atoms with Crippen molar-refractivity contribution in [2.24, 2.45) is 11.7 Å². The standard InChI is InChI=1S/C27H29N5O3/c1-5-18(6-2)26(34)29-27-23(20-14-10-11-15-21(20)25(28)33)24(31-35-27)22-16(3)30-32(17(22)4)19-12-8-7-9-13-19/h7-15,18H,5-6H2,1-4H3,(H2,28,33)(H,29,34). The van der Waals surface area contributed by atoms with E-state index in [0.29, 0.717) is 35.2 Å². The van der Waals surface area contributed by atoms with Gasteiger partial charge in [0, 0.05) is 22.6 Å². The van der Waals surface area contributed by atoms with Gasteiger partial charge in [-0.05, 0) is 44.9 Å². The molecule has 2 heterocycles. The summed E-state index contributed by atoms with van der Waals surface area (Å²) in [5.41, 5.74) is 10.8. The van der Waals surface area contributed by atoms with Gasteiger partial charge < -0.3 is 10.3 Å². The summed E-state index contributed by atoms with van der Waals surface area (Å²) in [5, 5.41) is 12.0. The minimum absolute atomic E-state index is 0.163. The first-order valence-electron chi connectivity index (χ1n) is 11.7. The Morgan fingerprint density at radius 2 is 1.66 bits per heavy atom. The second-order valence-corrected chi connectivity index (χ2v) is 8.44. The number of hydrogen-bond acceptors (Lipinski definition) is 5. The van der Waals surface area contributed by atoms with Crippen LogP contribution in [-0.4, -0.2) is 26.8 Å². The van der Waals surface area contributed by atoms with E-state index in [4.69, 9.17) is 15.4 Å². The van der Waals surface area contributed by atoms with Gasteiger partial charge in [0.15, 0.2) is 0 Å². The molecule has 2 amide bonds. The maximum atomic E-state index is 12.9. The van der Waals surface area contributed by atoms with Crippen molar-refractivity contribution in [1.82, 2.24) is 14.9 Å². The predicted molar refractivity (Wildman–Crippen MR) is 135 cm³/mol. The van der Waals surface area contributed by atoms with E-state index in [1.165, 1.54) is 0 Å². The smallest absolute Gasteiger partial charge is 0.249 e. The highest BCUT2D eigenvalue weighted by Crippen LogP contribution is 2.42. The van der Waals surface area contributed by atoms with Gasteiger partial charge in [0.1, 0.15) is 5.69 Å². The summed E-state index contributed by atoms with van der Waals surface area (Å²) in [7, 11) is 0. The van der Waals surface area contributed by atoms with Crippen LogP contribution >= 0.6 is 0 Å². The Bertz CT molecular complexity index is 1370. The van der Waals surface area contributed by atoms with Gasteiger partial charge in [-0.2, -0.15) is 5.10 Å². The molecule has 4 aromatic rings. The number of nitrogens with one attached hydrogen (secondary N) is 1. The third-order valence-corrected chi connectivity index (χ3v) is 6.28. The monoisotopic (exact) mass is 471 g/mol. The molecule has 3 N–H and O–H groups in total. The third kappa shape index (κ3) is 4.47. The summed E-state index contributed by atoms with van der Waals surface area (Å²) >= 11 is 0. The second-order valence-electron chi connectivity index (χ2n) is 8.44. The number of nitrogens with two attached hydrogens (primary N) is 1. The summed E-state index contributed by atoms with van der Waals surface area (Å²) in [6.45, 7) is 7.77. The molecule has 4 rings (SSSR count). The van der Waals surface area contributed by atoms with Crippen LogP contribution < -0.4 is 11.1 Å². The molecule has 0 aliphatic heterocycles. The number of amides is 2. The molecule has 0 saturated heterocycles. The van der Waals surface area contributed by atoms with Gasteiger partial charge in [0.05, 0.1) is 22.6 Å². The number of aromatic nitrogens is 3. The molecule has 0 spiro atoms. The molecule has 2 aromatic carbocycles. The average Bonchev–Trinajstić information content (AvgIpc) is 3.39. The first-order valence-corrected chi connectivity index (χ1v) is 11.7. The van der Waals surface area contributed by atoms with Gasteiger partial charge >= 0.3 is 0 Å². The maximum Gasteiger partial charge on any atom is 0.249 e. The van der Waals surface area contributed by atoms with Crippen LogP contribution in [-0.2, 0) is 4.79 Å². The van der Waals surface area contributed by atoms with Crippen molar-refractivity contribution in [3.05, 3.63) is 71.5 Å². The normalized spacial score (nSPS) is 11.1. The number of rotatable bonds is 8. The van der Waals surface area contributed by atoms with Gasteiger partial charge in [-0.1, -0.05) is 55.4 Å². The van der Waals surface area contributed by atoms with Gasteiger partial charge in [-0.25, -0.2) is 4.68 Å². The van der Waals surface area contributed by atoms with Crippen LogP contribution in [0.4, 0.5) is 5.88 Å². The molecular formula is C27H29N5O3. The number of para-hydroxylation sites is 1. The fourth-order valence-electron chi connectivity index (χ4n) is 4.39. The molecule has 180 valence electrons. The van der Waals surface area contributed by atoms with Gasteiger partial charge in [0.25, 0.3) is 0 Å². The second kappa shape index (κ2) is 9.97. The third-order valence-electron chi connectivity index (χ3n) is 6.28. The van der Waals surface area contributed by atoms with E-state index in [-0.39, 0.29) is 17.7 Å². The van der Waals surface area contributed by atoms with E-state index in [1.807, 2.05) is 62.7 Å². The average molecular weight is 472 g/mol. The molecule has 8 nitrogen and oxygen atoms in total. The molecule has 8 heteroatoms. The Morgan fingerprint density at radius 3 is 2.31 bits per heavy atom. The fourth-order valence-corrected chi connectivity index (χ4v) is 4.39. The van der Waals surface area contributed by atoms with E-state index in [0.717, 1.165) is 22.6 Å². The van der Waals surface area contributed by atoms with Crippen LogP contribution in [0, 0.1) is 19.8 Å². The topological polar surface area (TPSA) is 116 Å². The van der Waals surface area contributed by atoms with E-state index in [2.05, 4.69) is 10.5 Å². The van der Waals surface area contributed by atoms with E-state index in [9.17, 15) is 9.59 Å². The summed E-state index contributed by atoms with van der Waals surface area (Å²) in [6, 6.07) is 16.7. The number of aryl methyl sites for hydroxylation is 1. The lowest BCUT2D eigenvalue weighted by Crippen LogP contribution is -2.21. The van der Waals surface area contributed by atoms with Gasteiger partial charge in [-0.15, -0.1) is 0 Å². The lowest BCUT2D eigenvalue weighted by atomic mass is 9.95. The summed E-state index contributed by atoms with van der Waals surface area (Å²) in [4.78, 5) is 25.2. The zero-order chi connectivity index (χ0) is 25.1. The summed E-state index contributed by atoms with van der Waals surface area (Å²) in [6.07, 6.45) is 1.39. The Balaban J connectivity index is 1.93.